The summed E-state index contributed by atoms with van der Waals surface area (Å²) in [6.45, 7) is 1.29. The molecule has 2 aliphatic heterocycles. The third kappa shape index (κ3) is 4.30. The molecule has 1 amide bonds. The number of halogens is 1. The summed E-state index contributed by atoms with van der Waals surface area (Å²) in [5.41, 5.74) is 9.50. The van der Waals surface area contributed by atoms with E-state index in [4.69, 9.17) is 0 Å². The van der Waals surface area contributed by atoms with Crippen molar-refractivity contribution in [3.8, 4) is 16.8 Å². The van der Waals surface area contributed by atoms with Crippen molar-refractivity contribution >= 4 is 11.9 Å². The van der Waals surface area contributed by atoms with E-state index in [9.17, 15) is 14.7 Å². The highest BCUT2D eigenvalue weighted by Crippen LogP contribution is 2.52. The second-order valence-electron chi connectivity index (χ2n) is 10.1. The average Bonchev–Trinajstić information content (AvgIpc) is 3.37. The fourth-order valence-electron chi connectivity index (χ4n) is 5.53. The van der Waals surface area contributed by atoms with Gasteiger partial charge in [-0.25, -0.2) is 13.9 Å². The molecule has 1 aliphatic carbocycles. The Morgan fingerprint density at radius 3 is 2.58 bits per heavy atom. The molecule has 0 bridgehead atoms. The van der Waals surface area contributed by atoms with Gasteiger partial charge in [0.15, 0.2) is 0 Å². The monoisotopic (exact) mass is 516 g/mol. The van der Waals surface area contributed by atoms with Crippen LogP contribution in [0, 0.1) is 11.7 Å². The minimum atomic E-state index is -1.04. The lowest BCUT2D eigenvalue weighted by Crippen LogP contribution is -2.36. The fourth-order valence-corrected chi connectivity index (χ4v) is 5.53. The first-order chi connectivity index (χ1) is 18.4. The zero-order valence-corrected chi connectivity index (χ0v) is 21.0. The average molecular weight is 517 g/mol. The first-order valence-electron chi connectivity index (χ1n) is 12.9. The SMILES string of the molecule is CN1C=C([C@H]2C[C@@H]2c2c(C(=O)O)cnn2-c2cccc(-c3cccc(C(=O)N4CCCCC4)c3F)c2)NN1. The number of carboxylic acids is 1. The summed E-state index contributed by atoms with van der Waals surface area (Å²) in [6, 6.07) is 12.1. The molecule has 2 atom stereocenters. The van der Waals surface area contributed by atoms with Crippen LogP contribution in [-0.4, -0.2) is 56.8 Å². The van der Waals surface area contributed by atoms with Gasteiger partial charge in [0.05, 0.1) is 23.1 Å². The Morgan fingerprint density at radius 2 is 1.84 bits per heavy atom. The molecule has 1 aromatic heterocycles. The second kappa shape index (κ2) is 9.60. The van der Waals surface area contributed by atoms with Gasteiger partial charge in [-0.1, -0.05) is 24.3 Å². The van der Waals surface area contributed by atoms with E-state index in [1.54, 1.807) is 39.9 Å². The standard InChI is InChI=1S/C28H29FN6O3/c1-33-16-24(31-32-33)21-14-22(21)26-23(28(37)38)15-30-35(26)18-8-5-7-17(13-18)19-9-6-10-20(25(19)29)27(36)34-11-3-2-4-12-34/h5-10,13,15-16,21-22,31-32H,2-4,11-12,14H2,1H3,(H,37,38)/t21-,22-/m0/s1. The molecule has 0 unspecified atom stereocenters. The molecule has 3 N–H and O–H groups in total. The molecule has 2 aromatic carbocycles. The summed E-state index contributed by atoms with van der Waals surface area (Å²) in [7, 11) is 1.88. The number of allylic oxidation sites excluding steroid dienone is 1. The van der Waals surface area contributed by atoms with Crippen LogP contribution >= 0.6 is 0 Å². The van der Waals surface area contributed by atoms with Gasteiger partial charge in [-0.2, -0.15) is 5.10 Å². The lowest BCUT2D eigenvalue weighted by molar-refractivity contribution is 0.0692. The van der Waals surface area contributed by atoms with Crippen molar-refractivity contribution in [3.05, 3.63) is 83.2 Å². The van der Waals surface area contributed by atoms with Gasteiger partial charge in [0.25, 0.3) is 5.91 Å². The third-order valence-corrected chi connectivity index (χ3v) is 7.56. The smallest absolute Gasteiger partial charge is 0.339 e. The summed E-state index contributed by atoms with van der Waals surface area (Å²) in [6.07, 6.45) is 7.06. The maximum absolute atomic E-state index is 15.7. The number of rotatable bonds is 6. The number of hydrazine groups is 2. The molecule has 2 fully saturated rings. The summed E-state index contributed by atoms with van der Waals surface area (Å²) in [5.74, 6) is -1.76. The number of aromatic nitrogens is 2. The Morgan fingerprint density at radius 1 is 1.05 bits per heavy atom. The van der Waals surface area contributed by atoms with E-state index in [-0.39, 0.29) is 28.9 Å². The van der Waals surface area contributed by atoms with Crippen LogP contribution in [0.2, 0.25) is 0 Å². The van der Waals surface area contributed by atoms with E-state index in [1.165, 1.54) is 12.3 Å². The van der Waals surface area contributed by atoms with Crippen LogP contribution in [-0.2, 0) is 0 Å². The molecule has 0 radical (unpaired) electrons. The third-order valence-electron chi connectivity index (χ3n) is 7.56. The maximum atomic E-state index is 15.7. The number of carboxylic acid groups (broad SMARTS) is 1. The molecular weight excluding hydrogens is 487 g/mol. The quantitative estimate of drug-likeness (QED) is 0.457. The molecule has 0 spiro atoms. The summed E-state index contributed by atoms with van der Waals surface area (Å²) in [4.78, 5) is 26.8. The number of nitrogens with one attached hydrogen (secondary N) is 2. The zero-order valence-electron chi connectivity index (χ0n) is 21.0. The topological polar surface area (TPSA) is 103 Å². The van der Waals surface area contributed by atoms with Gasteiger partial charge in [0, 0.05) is 49.4 Å². The van der Waals surface area contributed by atoms with Crippen LogP contribution in [0.4, 0.5) is 4.39 Å². The van der Waals surface area contributed by atoms with E-state index in [2.05, 4.69) is 16.1 Å². The van der Waals surface area contributed by atoms with Crippen LogP contribution in [0.15, 0.2) is 60.6 Å². The number of hydrogen-bond acceptors (Lipinski definition) is 6. The lowest BCUT2D eigenvalue weighted by atomic mass is 10.00. The molecule has 10 heteroatoms. The number of likely N-dealkylation sites (tertiary alicyclic amines) is 1. The van der Waals surface area contributed by atoms with Crippen molar-refractivity contribution in [3.63, 3.8) is 0 Å². The predicted octanol–water partition coefficient (Wildman–Crippen LogP) is 3.90. The van der Waals surface area contributed by atoms with Crippen LogP contribution in [0.1, 0.15) is 58.0 Å². The minimum absolute atomic E-state index is 0.0264. The number of nitrogens with zero attached hydrogens (tertiary/aromatic N) is 4. The first-order valence-corrected chi connectivity index (χ1v) is 12.9. The molecule has 196 valence electrons. The van der Waals surface area contributed by atoms with E-state index >= 15 is 4.39 Å². The van der Waals surface area contributed by atoms with Gasteiger partial charge in [0.2, 0.25) is 0 Å². The van der Waals surface area contributed by atoms with E-state index in [1.807, 2.05) is 24.3 Å². The Labute approximate surface area is 219 Å². The van der Waals surface area contributed by atoms with Gasteiger partial charge in [-0.15, -0.1) is 5.53 Å². The van der Waals surface area contributed by atoms with E-state index in [0.29, 0.717) is 35.6 Å². The number of carbonyl (C=O) groups is 2. The van der Waals surface area contributed by atoms with Crippen molar-refractivity contribution in [2.75, 3.05) is 20.1 Å². The van der Waals surface area contributed by atoms with Gasteiger partial charge < -0.3 is 15.4 Å². The number of piperidine rings is 1. The van der Waals surface area contributed by atoms with Crippen LogP contribution in [0.5, 0.6) is 0 Å². The van der Waals surface area contributed by atoms with Gasteiger partial charge in [-0.3, -0.25) is 9.80 Å². The van der Waals surface area contributed by atoms with Crippen molar-refractivity contribution in [2.45, 2.75) is 31.6 Å². The molecule has 3 aliphatic rings. The zero-order chi connectivity index (χ0) is 26.4. The highest BCUT2D eigenvalue weighted by atomic mass is 19.1. The lowest BCUT2D eigenvalue weighted by Gasteiger charge is -2.27. The van der Waals surface area contributed by atoms with Crippen molar-refractivity contribution < 1.29 is 19.1 Å². The van der Waals surface area contributed by atoms with Gasteiger partial charge in [-0.05, 0) is 49.4 Å². The number of amides is 1. The largest absolute Gasteiger partial charge is 0.478 e. The summed E-state index contributed by atoms with van der Waals surface area (Å²) in [5, 5.41) is 16.1. The molecular formula is C28H29FN6O3. The van der Waals surface area contributed by atoms with Crippen LogP contribution < -0.4 is 11.0 Å². The summed E-state index contributed by atoms with van der Waals surface area (Å²) < 4.78 is 17.4. The Balaban J connectivity index is 1.34. The van der Waals surface area contributed by atoms with E-state index in [0.717, 1.165) is 31.4 Å². The van der Waals surface area contributed by atoms with E-state index < -0.39 is 11.8 Å². The van der Waals surface area contributed by atoms with Crippen molar-refractivity contribution in [2.24, 2.45) is 5.92 Å². The molecule has 1 saturated heterocycles. The molecule has 6 rings (SSSR count). The number of hydrogen-bond donors (Lipinski definition) is 3. The van der Waals surface area contributed by atoms with Gasteiger partial charge in [0.1, 0.15) is 11.4 Å². The Hall–Kier alpha value is -4.18. The molecule has 3 aromatic rings. The molecule has 1 saturated carbocycles. The predicted molar refractivity (Wildman–Crippen MR) is 139 cm³/mol. The normalized spacial score (nSPS) is 20.7. The summed E-state index contributed by atoms with van der Waals surface area (Å²) >= 11 is 0. The number of aromatic carboxylic acids is 1. The minimum Gasteiger partial charge on any atom is -0.478 e. The molecule has 3 heterocycles. The first kappa shape index (κ1) is 24.2. The number of carbonyl (C=O) groups excluding carboxylic acids is 1. The molecule has 9 nitrogen and oxygen atoms in total. The van der Waals surface area contributed by atoms with Crippen LogP contribution in [0.3, 0.4) is 0 Å². The highest BCUT2D eigenvalue weighted by Gasteiger charge is 2.46. The molecule has 38 heavy (non-hydrogen) atoms. The number of benzene rings is 2. The second-order valence-corrected chi connectivity index (χ2v) is 10.1. The fraction of sp³-hybridized carbons (Fsp3) is 0.321. The Bertz CT molecular complexity index is 1440. The van der Waals surface area contributed by atoms with Crippen molar-refractivity contribution in [1.82, 2.24) is 30.6 Å². The van der Waals surface area contributed by atoms with Gasteiger partial charge >= 0.3 is 5.97 Å². The Kier molecular flexibility index (Phi) is 6.11. The van der Waals surface area contributed by atoms with Crippen LogP contribution in [0.25, 0.3) is 16.8 Å². The van der Waals surface area contributed by atoms with Crippen molar-refractivity contribution in [1.29, 1.82) is 0 Å². The maximum Gasteiger partial charge on any atom is 0.339 e. The highest BCUT2D eigenvalue weighted by molar-refractivity contribution is 5.96.